The monoisotopic (exact) mass is 347 g/mol. The average Bonchev–Trinajstić information content (AvgIpc) is 2.47. The molecule has 0 unspecified atom stereocenters. The zero-order valence-corrected chi connectivity index (χ0v) is 12.0. The Bertz CT molecular complexity index is 891. The molecule has 21 heavy (non-hydrogen) atoms. The molecule has 0 saturated heterocycles. The van der Waals surface area contributed by atoms with E-state index in [1.54, 1.807) is 6.07 Å². The Balaban J connectivity index is 2.98. The van der Waals surface area contributed by atoms with Crippen molar-refractivity contribution in [1.82, 2.24) is 4.68 Å². The molecule has 0 spiro atoms. The summed E-state index contributed by atoms with van der Waals surface area (Å²) in [4.78, 5) is 12.0. The molecule has 2 aromatic rings. The number of nitriles is 2. The predicted molar refractivity (Wildman–Crippen MR) is 77.8 cm³/mol. The molecule has 0 aliphatic rings. The van der Waals surface area contributed by atoms with Crippen molar-refractivity contribution in [1.29, 1.82) is 10.5 Å². The van der Waals surface area contributed by atoms with E-state index in [1.807, 2.05) is 6.07 Å². The lowest BCUT2D eigenvalue weighted by Gasteiger charge is -2.12. The van der Waals surface area contributed by atoms with Crippen molar-refractivity contribution < 1.29 is 4.39 Å². The Morgan fingerprint density at radius 2 is 1.86 bits per heavy atom. The van der Waals surface area contributed by atoms with E-state index in [-0.39, 0.29) is 27.0 Å². The molecule has 0 saturated carbocycles. The summed E-state index contributed by atoms with van der Waals surface area (Å²) in [7, 11) is 0. The van der Waals surface area contributed by atoms with Gasteiger partial charge >= 0.3 is 0 Å². The first-order valence-corrected chi connectivity index (χ1v) is 6.30. The van der Waals surface area contributed by atoms with Crippen molar-refractivity contribution >= 4 is 21.7 Å². The number of hydrogen-bond donors (Lipinski definition) is 2. The lowest BCUT2D eigenvalue weighted by atomic mass is 9.96. The maximum absolute atomic E-state index is 13.3. The highest BCUT2D eigenvalue weighted by Gasteiger charge is 2.21. The summed E-state index contributed by atoms with van der Waals surface area (Å²) in [5, 5.41) is 18.4. The lowest BCUT2D eigenvalue weighted by molar-refractivity contribution is 0.621. The molecule has 6 nitrogen and oxygen atoms in total. The van der Waals surface area contributed by atoms with Gasteiger partial charge < -0.3 is 11.6 Å². The van der Waals surface area contributed by atoms with Gasteiger partial charge in [-0.05, 0) is 33.6 Å². The zero-order chi connectivity index (χ0) is 15.7. The largest absolute Gasteiger partial charge is 0.382 e. The minimum atomic E-state index is -0.829. The van der Waals surface area contributed by atoms with E-state index in [0.717, 1.165) is 6.07 Å². The molecule has 0 atom stereocenters. The van der Waals surface area contributed by atoms with Crippen molar-refractivity contribution in [2.45, 2.75) is 0 Å². The van der Waals surface area contributed by atoms with E-state index in [4.69, 9.17) is 16.8 Å². The molecule has 1 aromatic heterocycles. The van der Waals surface area contributed by atoms with E-state index >= 15 is 0 Å². The van der Waals surface area contributed by atoms with E-state index < -0.39 is 11.4 Å². The Morgan fingerprint density at radius 1 is 1.24 bits per heavy atom. The smallest absolute Gasteiger partial charge is 0.289 e. The van der Waals surface area contributed by atoms with Crippen molar-refractivity contribution in [3.63, 3.8) is 0 Å². The zero-order valence-electron chi connectivity index (χ0n) is 10.4. The first-order valence-electron chi connectivity index (χ1n) is 5.51. The number of aromatic nitrogens is 1. The van der Waals surface area contributed by atoms with Gasteiger partial charge in [-0.3, -0.25) is 4.79 Å². The SMILES string of the molecule is N#Cc1c(-c2ccc(F)c(Br)c2)c(C#N)c(=O)n(N)c1N. The summed E-state index contributed by atoms with van der Waals surface area (Å²) >= 11 is 3.01. The summed E-state index contributed by atoms with van der Waals surface area (Å²) in [6, 6.07) is 7.37. The van der Waals surface area contributed by atoms with Gasteiger partial charge in [0.2, 0.25) is 0 Å². The quantitative estimate of drug-likeness (QED) is 0.756. The minimum Gasteiger partial charge on any atom is -0.382 e. The molecule has 0 radical (unpaired) electrons. The van der Waals surface area contributed by atoms with Crippen LogP contribution in [-0.2, 0) is 0 Å². The third kappa shape index (κ3) is 2.22. The van der Waals surface area contributed by atoms with Gasteiger partial charge in [0.25, 0.3) is 5.56 Å². The number of rotatable bonds is 1. The van der Waals surface area contributed by atoms with Gasteiger partial charge in [-0.25, -0.2) is 9.07 Å². The van der Waals surface area contributed by atoms with Crippen LogP contribution in [0.2, 0.25) is 0 Å². The predicted octanol–water partition coefficient (Wildman–Crippen LogP) is 1.46. The number of nitrogens with two attached hydrogens (primary N) is 2. The van der Waals surface area contributed by atoms with Crippen LogP contribution in [0.15, 0.2) is 27.5 Å². The molecule has 1 aromatic carbocycles. The Hall–Kier alpha value is -2.84. The van der Waals surface area contributed by atoms with Crippen molar-refractivity contribution in [3.8, 4) is 23.3 Å². The van der Waals surface area contributed by atoms with Crippen LogP contribution in [0, 0.1) is 28.5 Å². The third-order valence-corrected chi connectivity index (χ3v) is 3.49. The second-order valence-electron chi connectivity index (χ2n) is 4.04. The number of benzene rings is 1. The fraction of sp³-hybridized carbons (Fsp3) is 0. The van der Waals surface area contributed by atoms with Crippen LogP contribution in [0.4, 0.5) is 10.2 Å². The van der Waals surface area contributed by atoms with E-state index in [1.165, 1.54) is 12.1 Å². The minimum absolute atomic E-state index is 0.0323. The van der Waals surface area contributed by atoms with E-state index in [9.17, 15) is 14.4 Å². The summed E-state index contributed by atoms with van der Waals surface area (Å²) in [5.41, 5.74) is 4.70. The Morgan fingerprint density at radius 3 is 2.38 bits per heavy atom. The van der Waals surface area contributed by atoms with Crippen LogP contribution in [0.3, 0.4) is 0 Å². The molecule has 8 heteroatoms. The first kappa shape index (κ1) is 14.6. The summed E-state index contributed by atoms with van der Waals surface area (Å²) in [5.74, 6) is 4.66. The normalized spacial score (nSPS) is 9.90. The van der Waals surface area contributed by atoms with Crippen LogP contribution in [0.5, 0.6) is 0 Å². The number of anilines is 1. The van der Waals surface area contributed by atoms with E-state index in [2.05, 4.69) is 15.9 Å². The molecule has 0 amide bonds. The van der Waals surface area contributed by atoms with E-state index in [0.29, 0.717) is 10.2 Å². The van der Waals surface area contributed by atoms with Gasteiger partial charge in [-0.2, -0.15) is 10.5 Å². The van der Waals surface area contributed by atoms with Gasteiger partial charge in [-0.15, -0.1) is 0 Å². The fourth-order valence-electron chi connectivity index (χ4n) is 1.87. The molecule has 0 bridgehead atoms. The summed E-state index contributed by atoms with van der Waals surface area (Å²) < 4.78 is 14.0. The van der Waals surface area contributed by atoms with Gasteiger partial charge in [0.15, 0.2) is 0 Å². The van der Waals surface area contributed by atoms with Gasteiger partial charge in [0.1, 0.15) is 34.9 Å². The van der Waals surface area contributed by atoms with Gasteiger partial charge in [0.05, 0.1) is 4.47 Å². The Kier molecular flexibility index (Phi) is 3.66. The topological polar surface area (TPSA) is 122 Å². The highest BCUT2D eigenvalue weighted by Crippen LogP contribution is 2.31. The van der Waals surface area contributed by atoms with Gasteiger partial charge in [0, 0.05) is 5.56 Å². The molecule has 0 aliphatic heterocycles. The third-order valence-electron chi connectivity index (χ3n) is 2.88. The molecular formula is C13H7BrFN5O. The molecule has 2 rings (SSSR count). The van der Waals surface area contributed by atoms with Gasteiger partial charge in [-0.1, -0.05) is 6.07 Å². The number of halogens is 2. The second kappa shape index (κ2) is 5.27. The second-order valence-corrected chi connectivity index (χ2v) is 4.89. The number of nitrogens with zero attached hydrogens (tertiary/aromatic N) is 3. The van der Waals surface area contributed by atoms with Crippen molar-refractivity contribution in [2.75, 3.05) is 11.6 Å². The maximum Gasteiger partial charge on any atom is 0.289 e. The molecule has 104 valence electrons. The number of hydrogen-bond acceptors (Lipinski definition) is 5. The molecule has 1 heterocycles. The lowest BCUT2D eigenvalue weighted by Crippen LogP contribution is -2.33. The van der Waals surface area contributed by atoms with Crippen LogP contribution in [0.1, 0.15) is 11.1 Å². The molecule has 0 aliphatic carbocycles. The highest BCUT2D eigenvalue weighted by molar-refractivity contribution is 9.10. The summed E-state index contributed by atoms with van der Waals surface area (Å²) in [6.45, 7) is 0. The molecule has 0 fully saturated rings. The molecule has 4 N–H and O–H groups in total. The number of pyridine rings is 1. The number of nitrogen functional groups attached to an aromatic ring is 2. The average molecular weight is 348 g/mol. The van der Waals surface area contributed by atoms with Crippen LogP contribution < -0.4 is 17.1 Å². The molecular weight excluding hydrogens is 341 g/mol. The van der Waals surface area contributed by atoms with Crippen LogP contribution in [-0.4, -0.2) is 4.68 Å². The van der Waals surface area contributed by atoms with Crippen LogP contribution >= 0.6 is 15.9 Å². The Labute approximate surface area is 126 Å². The fourth-order valence-corrected chi connectivity index (χ4v) is 2.25. The first-order chi connectivity index (χ1) is 9.92. The van der Waals surface area contributed by atoms with Crippen molar-refractivity contribution in [2.24, 2.45) is 0 Å². The highest BCUT2D eigenvalue weighted by atomic mass is 79.9. The summed E-state index contributed by atoms with van der Waals surface area (Å²) in [6.07, 6.45) is 0. The van der Waals surface area contributed by atoms with Crippen molar-refractivity contribution in [3.05, 3.63) is 50.0 Å². The van der Waals surface area contributed by atoms with Crippen LogP contribution in [0.25, 0.3) is 11.1 Å². The standard InChI is InChI=1S/C13H7BrFN5O/c14-9-3-6(1-2-10(9)15)11-7(4-16)12(18)20(19)13(21)8(11)5-17/h1-3H,18-19H2. The maximum atomic E-state index is 13.3.